The molecule has 248 valence electrons. The van der Waals surface area contributed by atoms with E-state index >= 15 is 0 Å². The molecule has 0 N–H and O–H groups in total. The number of anilines is 3. The molecule has 3 heteroatoms. The number of rotatable bonds is 5. The first kappa shape index (κ1) is 30.0. The van der Waals surface area contributed by atoms with Crippen LogP contribution in [0.4, 0.5) is 17.1 Å². The van der Waals surface area contributed by atoms with Crippen LogP contribution in [0.15, 0.2) is 192 Å². The van der Waals surface area contributed by atoms with Gasteiger partial charge in [-0.1, -0.05) is 127 Å². The van der Waals surface area contributed by atoms with Crippen molar-refractivity contribution in [3.05, 3.63) is 188 Å². The van der Waals surface area contributed by atoms with Crippen LogP contribution in [0.2, 0.25) is 0 Å². The minimum Gasteiger partial charge on any atom is -0.456 e. The van der Waals surface area contributed by atoms with E-state index in [0.29, 0.717) is 0 Å². The number of nitrogens with zero attached hydrogens (tertiary/aromatic N) is 1. The Hall–Kier alpha value is -6.68. The largest absolute Gasteiger partial charge is 0.456 e. The molecule has 53 heavy (non-hydrogen) atoms. The fraction of sp³-hybridized carbons (Fsp3) is 0. The van der Waals surface area contributed by atoms with E-state index in [1.54, 1.807) is 0 Å². The third-order valence-corrected chi connectivity index (χ3v) is 11.8. The number of benzene rings is 9. The molecule has 0 radical (unpaired) electrons. The molecule has 9 aromatic carbocycles. The first-order valence-corrected chi connectivity index (χ1v) is 18.8. The monoisotopic (exact) mass is 693 g/mol. The Bertz CT molecular complexity index is 3160. The van der Waals surface area contributed by atoms with E-state index in [2.05, 4.69) is 181 Å². The van der Waals surface area contributed by atoms with E-state index in [1.165, 1.54) is 64.0 Å². The van der Waals surface area contributed by atoms with E-state index in [0.717, 1.165) is 39.0 Å². The average Bonchev–Trinajstić information content (AvgIpc) is 3.79. The molecule has 0 amide bonds. The van der Waals surface area contributed by atoms with Crippen molar-refractivity contribution in [1.29, 1.82) is 0 Å². The van der Waals surface area contributed by atoms with E-state index in [-0.39, 0.29) is 0 Å². The molecule has 0 spiro atoms. The smallest absolute Gasteiger partial charge is 0.137 e. The van der Waals surface area contributed by atoms with Crippen molar-refractivity contribution in [2.24, 2.45) is 0 Å². The van der Waals surface area contributed by atoms with Crippen LogP contribution < -0.4 is 4.90 Å². The summed E-state index contributed by atoms with van der Waals surface area (Å²) in [6, 6.07) is 68.0. The molecule has 0 saturated carbocycles. The van der Waals surface area contributed by atoms with Gasteiger partial charge in [-0.15, -0.1) is 11.3 Å². The minimum atomic E-state index is 0.876. The quantitative estimate of drug-likeness (QED) is 0.178. The van der Waals surface area contributed by atoms with Crippen LogP contribution in [0.1, 0.15) is 0 Å². The summed E-state index contributed by atoms with van der Waals surface area (Å²) in [5, 5.41) is 9.88. The molecule has 0 saturated heterocycles. The van der Waals surface area contributed by atoms with Crippen LogP contribution >= 0.6 is 11.3 Å². The van der Waals surface area contributed by atoms with Crippen molar-refractivity contribution in [1.82, 2.24) is 0 Å². The van der Waals surface area contributed by atoms with Gasteiger partial charge < -0.3 is 9.32 Å². The lowest BCUT2D eigenvalue weighted by Gasteiger charge is -2.27. The second-order valence-electron chi connectivity index (χ2n) is 13.7. The van der Waals surface area contributed by atoms with E-state index < -0.39 is 0 Å². The second kappa shape index (κ2) is 11.9. The Morgan fingerprint density at radius 2 is 0.962 bits per heavy atom. The topological polar surface area (TPSA) is 16.4 Å². The summed E-state index contributed by atoms with van der Waals surface area (Å²) >= 11 is 1.87. The number of thiophene rings is 1. The van der Waals surface area contributed by atoms with E-state index in [9.17, 15) is 0 Å². The highest BCUT2D eigenvalue weighted by atomic mass is 32.1. The number of para-hydroxylation sites is 1. The van der Waals surface area contributed by atoms with Gasteiger partial charge in [0.2, 0.25) is 0 Å². The van der Waals surface area contributed by atoms with Crippen molar-refractivity contribution in [2.45, 2.75) is 0 Å². The van der Waals surface area contributed by atoms with Gasteiger partial charge in [0.25, 0.3) is 0 Å². The molecule has 0 aliphatic carbocycles. The Labute approximate surface area is 310 Å². The fourth-order valence-corrected chi connectivity index (χ4v) is 9.31. The molecular formula is C50H31NOS. The SMILES string of the molecule is c1ccc2c(-c3ccc(N(c4ccc(-c5cccc6cc7sc8ccccc8c7cc56)cc4)c4cccc5oc6ccccc6c45)cc3)cccc2c1. The summed E-state index contributed by atoms with van der Waals surface area (Å²) in [5.74, 6) is 0. The van der Waals surface area contributed by atoms with Gasteiger partial charge in [0, 0.05) is 36.9 Å². The first-order valence-electron chi connectivity index (χ1n) is 18.0. The van der Waals surface area contributed by atoms with Gasteiger partial charge in [0.1, 0.15) is 11.2 Å². The zero-order valence-electron chi connectivity index (χ0n) is 28.7. The lowest BCUT2D eigenvalue weighted by molar-refractivity contribution is 0.669. The highest BCUT2D eigenvalue weighted by Crippen LogP contribution is 2.45. The molecule has 0 fully saturated rings. The number of fused-ring (bicyclic) bond motifs is 8. The molecular weight excluding hydrogens is 663 g/mol. The maximum atomic E-state index is 6.38. The molecule has 0 aliphatic heterocycles. The zero-order valence-corrected chi connectivity index (χ0v) is 29.5. The van der Waals surface area contributed by atoms with E-state index in [4.69, 9.17) is 4.42 Å². The first-order chi connectivity index (χ1) is 26.3. The third kappa shape index (κ3) is 4.86. The Morgan fingerprint density at radius 1 is 0.377 bits per heavy atom. The van der Waals surface area contributed by atoms with Crippen LogP contribution in [0.3, 0.4) is 0 Å². The van der Waals surface area contributed by atoms with Gasteiger partial charge in [-0.05, 0) is 104 Å². The summed E-state index contributed by atoms with van der Waals surface area (Å²) in [5.41, 5.74) is 9.85. The summed E-state index contributed by atoms with van der Waals surface area (Å²) in [6.45, 7) is 0. The van der Waals surface area contributed by atoms with Crippen LogP contribution in [0.5, 0.6) is 0 Å². The molecule has 0 bridgehead atoms. The number of hydrogen-bond donors (Lipinski definition) is 0. The van der Waals surface area contributed by atoms with Crippen molar-refractivity contribution in [2.75, 3.05) is 4.90 Å². The molecule has 0 aliphatic rings. The van der Waals surface area contributed by atoms with Crippen LogP contribution in [-0.4, -0.2) is 0 Å². The highest BCUT2D eigenvalue weighted by Gasteiger charge is 2.20. The average molecular weight is 694 g/mol. The molecule has 2 aromatic heterocycles. The molecule has 0 unspecified atom stereocenters. The van der Waals surface area contributed by atoms with Gasteiger partial charge in [0.05, 0.1) is 11.1 Å². The van der Waals surface area contributed by atoms with Gasteiger partial charge in [-0.2, -0.15) is 0 Å². The summed E-state index contributed by atoms with van der Waals surface area (Å²) in [7, 11) is 0. The standard InChI is InChI=1S/C50H31NOS/c1-2-13-38-32(10-1)11-7-16-39(38)33-22-26-36(27-23-33)51(45-18-9-20-47-50(45)42-15-3-5-19-46(42)52-47)37-28-24-34(25-29-37)40-17-8-12-35-30-49-44(31-43(35)40)41-14-4-6-21-48(41)53-49/h1-31H. The Kier molecular flexibility index (Phi) is 6.76. The lowest BCUT2D eigenvalue weighted by atomic mass is 9.96. The number of furan rings is 1. The fourth-order valence-electron chi connectivity index (χ4n) is 8.17. The summed E-state index contributed by atoms with van der Waals surface area (Å²) in [4.78, 5) is 2.37. The van der Waals surface area contributed by atoms with Gasteiger partial charge in [0.15, 0.2) is 0 Å². The van der Waals surface area contributed by atoms with Crippen LogP contribution in [0.25, 0.3) is 85.9 Å². The normalized spacial score (nSPS) is 11.8. The summed E-state index contributed by atoms with van der Waals surface area (Å²) < 4.78 is 9.03. The molecule has 2 nitrogen and oxygen atoms in total. The van der Waals surface area contributed by atoms with Crippen molar-refractivity contribution in [3.63, 3.8) is 0 Å². The zero-order chi connectivity index (χ0) is 34.9. The summed E-state index contributed by atoms with van der Waals surface area (Å²) in [6.07, 6.45) is 0. The van der Waals surface area contributed by atoms with E-state index in [1.807, 2.05) is 23.5 Å². The second-order valence-corrected chi connectivity index (χ2v) is 14.8. The molecule has 2 heterocycles. The molecule has 11 rings (SSSR count). The maximum absolute atomic E-state index is 6.38. The van der Waals surface area contributed by atoms with Gasteiger partial charge >= 0.3 is 0 Å². The Balaban J connectivity index is 1.06. The Morgan fingerprint density at radius 3 is 1.74 bits per heavy atom. The lowest BCUT2D eigenvalue weighted by Crippen LogP contribution is -2.10. The van der Waals surface area contributed by atoms with Crippen molar-refractivity contribution in [3.8, 4) is 22.3 Å². The third-order valence-electron chi connectivity index (χ3n) is 10.7. The van der Waals surface area contributed by atoms with Crippen molar-refractivity contribution >= 4 is 92.1 Å². The van der Waals surface area contributed by atoms with Gasteiger partial charge in [-0.25, -0.2) is 0 Å². The van der Waals surface area contributed by atoms with Gasteiger partial charge in [-0.3, -0.25) is 0 Å². The van der Waals surface area contributed by atoms with Crippen LogP contribution in [-0.2, 0) is 0 Å². The molecule has 11 aromatic rings. The molecule has 0 atom stereocenters. The highest BCUT2D eigenvalue weighted by molar-refractivity contribution is 7.25. The van der Waals surface area contributed by atoms with Crippen LogP contribution in [0, 0.1) is 0 Å². The van der Waals surface area contributed by atoms with Crippen molar-refractivity contribution < 1.29 is 4.42 Å². The minimum absolute atomic E-state index is 0.876. The predicted molar refractivity (Wildman–Crippen MR) is 227 cm³/mol. The maximum Gasteiger partial charge on any atom is 0.137 e. The predicted octanol–water partition coefficient (Wildman–Crippen LogP) is 15.1. The number of hydrogen-bond acceptors (Lipinski definition) is 3.